The Balaban J connectivity index is 2.68. The molecule has 0 bridgehead atoms. The third-order valence-electron chi connectivity index (χ3n) is 2.48. The molecular formula is C11H10BrF3N2O. The largest absolute Gasteiger partial charge is 0.418 e. The molecule has 2 aromatic rings. The van der Waals surface area contributed by atoms with E-state index in [1.165, 1.54) is 6.07 Å². The Morgan fingerprint density at radius 1 is 1.39 bits per heavy atom. The SMILES string of the molecule is COC(c1cc(Br)cn2cc(C)nc12)C(F)(F)F. The first kappa shape index (κ1) is 13.4. The number of ether oxygens (including phenoxy) is 1. The molecule has 0 spiro atoms. The molecule has 0 aliphatic heterocycles. The smallest absolute Gasteiger partial charge is 0.367 e. The number of methoxy groups -OCH3 is 1. The highest BCUT2D eigenvalue weighted by atomic mass is 79.9. The zero-order valence-corrected chi connectivity index (χ0v) is 11.2. The molecule has 0 saturated carbocycles. The molecule has 0 aromatic carbocycles. The van der Waals surface area contributed by atoms with Gasteiger partial charge in [-0.3, -0.25) is 0 Å². The summed E-state index contributed by atoms with van der Waals surface area (Å²) >= 11 is 3.19. The van der Waals surface area contributed by atoms with Crippen LogP contribution in [0.3, 0.4) is 0 Å². The number of aromatic nitrogens is 2. The fraction of sp³-hybridized carbons (Fsp3) is 0.364. The number of rotatable bonds is 2. The van der Waals surface area contributed by atoms with Crippen molar-refractivity contribution < 1.29 is 17.9 Å². The molecule has 2 rings (SSSR count). The van der Waals surface area contributed by atoms with Crippen molar-refractivity contribution in [3.05, 3.63) is 34.2 Å². The zero-order valence-electron chi connectivity index (χ0n) is 9.62. The van der Waals surface area contributed by atoms with Crippen molar-refractivity contribution in [2.75, 3.05) is 7.11 Å². The van der Waals surface area contributed by atoms with Crippen molar-refractivity contribution in [2.45, 2.75) is 19.2 Å². The minimum atomic E-state index is -4.48. The van der Waals surface area contributed by atoms with Crippen molar-refractivity contribution >= 4 is 21.6 Å². The van der Waals surface area contributed by atoms with E-state index in [0.717, 1.165) is 7.11 Å². The summed E-state index contributed by atoms with van der Waals surface area (Å²) in [5.74, 6) is 0. The van der Waals surface area contributed by atoms with Gasteiger partial charge in [0.05, 0.1) is 5.69 Å². The number of hydrogen-bond acceptors (Lipinski definition) is 2. The molecule has 0 fully saturated rings. The van der Waals surface area contributed by atoms with E-state index in [0.29, 0.717) is 10.2 Å². The van der Waals surface area contributed by atoms with Gasteiger partial charge in [0.25, 0.3) is 0 Å². The van der Waals surface area contributed by atoms with Gasteiger partial charge in [0, 0.05) is 29.5 Å². The predicted octanol–water partition coefficient (Wildman–Crippen LogP) is 3.66. The van der Waals surface area contributed by atoms with Gasteiger partial charge in [0.1, 0.15) is 5.65 Å². The number of imidazole rings is 1. The van der Waals surface area contributed by atoms with Crippen LogP contribution < -0.4 is 0 Å². The molecule has 0 amide bonds. The highest BCUT2D eigenvalue weighted by Crippen LogP contribution is 2.37. The van der Waals surface area contributed by atoms with E-state index in [-0.39, 0.29) is 11.2 Å². The monoisotopic (exact) mass is 322 g/mol. The first-order valence-electron chi connectivity index (χ1n) is 5.07. The summed E-state index contributed by atoms with van der Waals surface area (Å²) < 4.78 is 45.3. The van der Waals surface area contributed by atoms with E-state index >= 15 is 0 Å². The van der Waals surface area contributed by atoms with Gasteiger partial charge in [0.2, 0.25) is 0 Å². The molecule has 0 aliphatic rings. The Morgan fingerprint density at radius 2 is 2.06 bits per heavy atom. The molecule has 0 saturated heterocycles. The summed E-state index contributed by atoms with van der Waals surface area (Å²) in [6.07, 6.45) is -3.15. The number of nitrogens with zero attached hydrogens (tertiary/aromatic N) is 2. The van der Waals surface area contributed by atoms with Crippen molar-refractivity contribution in [3.8, 4) is 0 Å². The molecule has 2 heterocycles. The third-order valence-corrected chi connectivity index (χ3v) is 2.92. The van der Waals surface area contributed by atoms with Gasteiger partial charge >= 0.3 is 6.18 Å². The van der Waals surface area contributed by atoms with Gasteiger partial charge in [-0.15, -0.1) is 0 Å². The molecule has 2 aromatic heterocycles. The highest BCUT2D eigenvalue weighted by Gasteiger charge is 2.42. The second-order valence-corrected chi connectivity index (χ2v) is 4.80. The van der Waals surface area contributed by atoms with Gasteiger partial charge in [0.15, 0.2) is 6.10 Å². The number of hydrogen-bond donors (Lipinski definition) is 0. The molecule has 98 valence electrons. The quantitative estimate of drug-likeness (QED) is 0.843. The summed E-state index contributed by atoms with van der Waals surface area (Å²) in [5.41, 5.74) is 0.888. The van der Waals surface area contributed by atoms with Crippen molar-refractivity contribution in [1.29, 1.82) is 0 Å². The van der Waals surface area contributed by atoms with Crippen LogP contribution in [-0.2, 0) is 4.74 Å². The van der Waals surface area contributed by atoms with E-state index in [2.05, 4.69) is 25.7 Å². The van der Waals surface area contributed by atoms with Gasteiger partial charge in [-0.25, -0.2) is 4.98 Å². The lowest BCUT2D eigenvalue weighted by Crippen LogP contribution is -2.23. The van der Waals surface area contributed by atoms with Crippen LogP contribution in [0.15, 0.2) is 22.9 Å². The average molecular weight is 323 g/mol. The minimum absolute atomic E-state index is 0.00697. The fourth-order valence-electron chi connectivity index (χ4n) is 1.84. The van der Waals surface area contributed by atoms with Crippen LogP contribution in [0.2, 0.25) is 0 Å². The topological polar surface area (TPSA) is 26.5 Å². The molecule has 18 heavy (non-hydrogen) atoms. The van der Waals surface area contributed by atoms with Gasteiger partial charge in [-0.05, 0) is 28.9 Å². The molecular weight excluding hydrogens is 313 g/mol. The van der Waals surface area contributed by atoms with Crippen molar-refractivity contribution in [3.63, 3.8) is 0 Å². The van der Waals surface area contributed by atoms with Crippen LogP contribution in [0.5, 0.6) is 0 Å². The number of alkyl halides is 3. The Morgan fingerprint density at radius 3 is 2.61 bits per heavy atom. The molecule has 7 heteroatoms. The minimum Gasteiger partial charge on any atom is -0.367 e. The Kier molecular flexibility index (Phi) is 3.37. The second-order valence-electron chi connectivity index (χ2n) is 3.88. The second kappa shape index (κ2) is 4.55. The number of aryl methyl sites for hydroxylation is 1. The van der Waals surface area contributed by atoms with E-state index in [1.807, 2.05) is 0 Å². The fourth-order valence-corrected chi connectivity index (χ4v) is 2.31. The maximum Gasteiger partial charge on any atom is 0.418 e. The van der Waals surface area contributed by atoms with Crippen LogP contribution in [0.1, 0.15) is 17.4 Å². The summed E-state index contributed by atoms with van der Waals surface area (Å²) in [6, 6.07) is 1.38. The molecule has 0 aliphatic carbocycles. The first-order chi connectivity index (χ1) is 8.32. The third kappa shape index (κ3) is 2.37. The summed E-state index contributed by atoms with van der Waals surface area (Å²) in [4.78, 5) is 4.10. The van der Waals surface area contributed by atoms with E-state index in [1.54, 1.807) is 23.7 Å². The number of fused-ring (bicyclic) bond motifs is 1. The van der Waals surface area contributed by atoms with Gasteiger partial charge < -0.3 is 9.14 Å². The van der Waals surface area contributed by atoms with E-state index < -0.39 is 12.3 Å². The van der Waals surface area contributed by atoms with Crippen molar-refractivity contribution in [2.24, 2.45) is 0 Å². The zero-order chi connectivity index (χ0) is 13.5. The average Bonchev–Trinajstić information content (AvgIpc) is 2.56. The normalized spacial score (nSPS) is 14.1. The number of halogens is 4. The summed E-state index contributed by atoms with van der Waals surface area (Å²) in [7, 11) is 1.03. The number of pyridine rings is 1. The first-order valence-corrected chi connectivity index (χ1v) is 5.86. The van der Waals surface area contributed by atoms with Crippen LogP contribution >= 0.6 is 15.9 Å². The summed E-state index contributed by atoms with van der Waals surface area (Å²) in [5, 5.41) is 0. The molecule has 0 radical (unpaired) electrons. The highest BCUT2D eigenvalue weighted by molar-refractivity contribution is 9.10. The van der Waals surface area contributed by atoms with Gasteiger partial charge in [-0.2, -0.15) is 13.2 Å². The Hall–Kier alpha value is -1.08. The molecule has 1 unspecified atom stereocenters. The lowest BCUT2D eigenvalue weighted by atomic mass is 10.1. The standard InChI is InChI=1S/C11H10BrF3N2O/c1-6-4-17-5-7(12)3-8(10(17)16-6)9(18-2)11(13,14)15/h3-5,9H,1-2H3. The summed E-state index contributed by atoms with van der Waals surface area (Å²) in [6.45, 7) is 1.72. The van der Waals surface area contributed by atoms with E-state index in [9.17, 15) is 13.2 Å². The van der Waals surface area contributed by atoms with Gasteiger partial charge in [-0.1, -0.05) is 0 Å². The molecule has 0 N–H and O–H groups in total. The lowest BCUT2D eigenvalue weighted by molar-refractivity contribution is -0.215. The maximum atomic E-state index is 12.9. The molecule has 3 nitrogen and oxygen atoms in total. The predicted molar refractivity (Wildman–Crippen MR) is 63.4 cm³/mol. The van der Waals surface area contributed by atoms with Crippen LogP contribution in [-0.4, -0.2) is 22.7 Å². The Bertz CT molecular complexity index is 579. The van der Waals surface area contributed by atoms with E-state index in [4.69, 9.17) is 0 Å². The van der Waals surface area contributed by atoms with Crippen molar-refractivity contribution in [1.82, 2.24) is 9.38 Å². The lowest BCUT2D eigenvalue weighted by Gasteiger charge is -2.19. The maximum absolute atomic E-state index is 12.9. The molecule has 1 atom stereocenters. The van der Waals surface area contributed by atoms with Crippen LogP contribution in [0.4, 0.5) is 13.2 Å². The van der Waals surface area contributed by atoms with Crippen LogP contribution in [0.25, 0.3) is 5.65 Å². The Labute approximate surface area is 110 Å². The van der Waals surface area contributed by atoms with Crippen LogP contribution in [0, 0.1) is 6.92 Å².